The lowest BCUT2D eigenvalue weighted by Gasteiger charge is -2.15. The Morgan fingerprint density at radius 3 is 2.94 bits per heavy atom. The molecule has 2 aromatic heterocycles. The number of hydrogen-bond acceptors (Lipinski definition) is 4. The Morgan fingerprint density at radius 2 is 2.39 bits per heavy atom. The van der Waals surface area contributed by atoms with Gasteiger partial charge in [0.15, 0.2) is 0 Å². The third kappa shape index (κ3) is 2.75. The number of rotatable bonds is 5. The maximum absolute atomic E-state index is 6.15. The van der Waals surface area contributed by atoms with Gasteiger partial charge in [-0.15, -0.1) is 11.3 Å². The van der Waals surface area contributed by atoms with Crippen LogP contribution in [0.2, 0.25) is 5.02 Å². The summed E-state index contributed by atoms with van der Waals surface area (Å²) in [6, 6.07) is 4.02. The summed E-state index contributed by atoms with van der Waals surface area (Å²) in [7, 11) is 0. The third-order valence-corrected chi connectivity index (χ3v) is 4.33. The van der Waals surface area contributed by atoms with Gasteiger partial charge < -0.3 is 0 Å². The summed E-state index contributed by atoms with van der Waals surface area (Å²) in [6.45, 7) is 4.94. The number of aryl methyl sites for hydroxylation is 2. The molecule has 0 fully saturated rings. The summed E-state index contributed by atoms with van der Waals surface area (Å²) in [6.07, 6.45) is 0.783. The van der Waals surface area contributed by atoms with E-state index in [-0.39, 0.29) is 6.04 Å². The minimum absolute atomic E-state index is 0.0268. The van der Waals surface area contributed by atoms with Crippen molar-refractivity contribution in [2.75, 3.05) is 0 Å². The van der Waals surface area contributed by atoms with Gasteiger partial charge in [-0.2, -0.15) is 5.10 Å². The van der Waals surface area contributed by atoms with Crippen LogP contribution < -0.4 is 11.3 Å². The lowest BCUT2D eigenvalue weighted by atomic mass is 10.1. The average molecular weight is 285 g/mol. The predicted molar refractivity (Wildman–Crippen MR) is 75.7 cm³/mol. The first kappa shape index (κ1) is 13.5. The van der Waals surface area contributed by atoms with Gasteiger partial charge in [0.25, 0.3) is 0 Å². The first-order valence-electron chi connectivity index (χ1n) is 5.88. The smallest absolute Gasteiger partial charge is 0.0623 e. The molecule has 1 unspecified atom stereocenters. The molecule has 4 nitrogen and oxygen atoms in total. The number of hydrazine groups is 1. The highest BCUT2D eigenvalue weighted by Gasteiger charge is 2.17. The SMILES string of the molecule is CCn1nc(C)cc1CC(NN)c1sccc1Cl. The largest absolute Gasteiger partial charge is 0.271 e. The van der Waals surface area contributed by atoms with Gasteiger partial charge in [0.05, 0.1) is 16.8 Å². The number of nitrogens with zero attached hydrogens (tertiary/aromatic N) is 2. The van der Waals surface area contributed by atoms with Crippen molar-refractivity contribution in [2.45, 2.75) is 32.9 Å². The van der Waals surface area contributed by atoms with Crippen LogP contribution in [0.1, 0.15) is 29.2 Å². The maximum Gasteiger partial charge on any atom is 0.0623 e. The Kier molecular flexibility index (Phi) is 4.40. The molecule has 6 heteroatoms. The van der Waals surface area contributed by atoms with Crippen LogP contribution in [0, 0.1) is 6.92 Å². The van der Waals surface area contributed by atoms with Crippen molar-refractivity contribution in [3.05, 3.63) is 38.8 Å². The zero-order valence-corrected chi connectivity index (χ0v) is 12.1. The number of aromatic nitrogens is 2. The lowest BCUT2D eigenvalue weighted by Crippen LogP contribution is -2.29. The van der Waals surface area contributed by atoms with Gasteiger partial charge in [-0.25, -0.2) is 0 Å². The molecule has 0 aliphatic carbocycles. The van der Waals surface area contributed by atoms with Crippen LogP contribution in [0.4, 0.5) is 0 Å². The highest BCUT2D eigenvalue weighted by Crippen LogP contribution is 2.30. The van der Waals surface area contributed by atoms with Crippen LogP contribution in [-0.4, -0.2) is 9.78 Å². The minimum Gasteiger partial charge on any atom is -0.271 e. The predicted octanol–water partition coefficient (Wildman–Crippen LogP) is 2.67. The molecule has 0 amide bonds. The summed E-state index contributed by atoms with van der Waals surface area (Å²) in [5, 5.41) is 7.18. The summed E-state index contributed by atoms with van der Waals surface area (Å²) in [5.41, 5.74) is 5.04. The zero-order valence-electron chi connectivity index (χ0n) is 10.5. The van der Waals surface area contributed by atoms with E-state index in [2.05, 4.69) is 23.5 Å². The Hall–Kier alpha value is -0.880. The van der Waals surface area contributed by atoms with E-state index in [4.69, 9.17) is 17.4 Å². The summed E-state index contributed by atoms with van der Waals surface area (Å²) in [5.74, 6) is 5.65. The maximum atomic E-state index is 6.15. The quantitative estimate of drug-likeness (QED) is 0.656. The van der Waals surface area contributed by atoms with Crippen molar-refractivity contribution >= 4 is 22.9 Å². The van der Waals surface area contributed by atoms with Gasteiger partial charge in [-0.05, 0) is 31.4 Å². The minimum atomic E-state index is 0.0268. The lowest BCUT2D eigenvalue weighted by molar-refractivity contribution is 0.523. The van der Waals surface area contributed by atoms with Gasteiger partial charge >= 0.3 is 0 Å². The number of thiophene rings is 1. The van der Waals surface area contributed by atoms with Crippen LogP contribution in [0.3, 0.4) is 0 Å². The van der Waals surface area contributed by atoms with Crippen molar-refractivity contribution in [2.24, 2.45) is 5.84 Å². The van der Waals surface area contributed by atoms with E-state index in [9.17, 15) is 0 Å². The Bertz CT molecular complexity index is 520. The van der Waals surface area contributed by atoms with Gasteiger partial charge in [-0.1, -0.05) is 11.6 Å². The molecule has 0 saturated heterocycles. The summed E-state index contributed by atoms with van der Waals surface area (Å²) < 4.78 is 2.00. The molecule has 1 atom stereocenters. The second-order valence-corrected chi connectivity index (χ2v) is 5.50. The molecule has 0 aliphatic rings. The molecule has 3 N–H and O–H groups in total. The second-order valence-electron chi connectivity index (χ2n) is 4.15. The van der Waals surface area contributed by atoms with Crippen LogP contribution >= 0.6 is 22.9 Å². The van der Waals surface area contributed by atoms with E-state index in [0.29, 0.717) is 0 Å². The molecule has 0 radical (unpaired) electrons. The molecular weight excluding hydrogens is 268 g/mol. The number of halogens is 1. The fourth-order valence-corrected chi connectivity index (χ4v) is 3.28. The van der Waals surface area contributed by atoms with Gasteiger partial charge in [0.2, 0.25) is 0 Å². The van der Waals surface area contributed by atoms with E-state index in [1.54, 1.807) is 11.3 Å². The van der Waals surface area contributed by atoms with E-state index >= 15 is 0 Å². The molecule has 2 aromatic rings. The van der Waals surface area contributed by atoms with Crippen molar-refractivity contribution in [3.63, 3.8) is 0 Å². The topological polar surface area (TPSA) is 55.9 Å². The van der Waals surface area contributed by atoms with Crippen molar-refractivity contribution in [3.8, 4) is 0 Å². The van der Waals surface area contributed by atoms with Gasteiger partial charge in [0, 0.05) is 23.5 Å². The zero-order chi connectivity index (χ0) is 13.1. The standard InChI is InChI=1S/C12H17ClN4S/c1-3-17-9(6-8(2)16-17)7-11(15-14)12-10(13)4-5-18-12/h4-6,11,15H,3,7,14H2,1-2H3. The highest BCUT2D eigenvalue weighted by atomic mass is 35.5. The van der Waals surface area contributed by atoms with Crippen LogP contribution in [0.25, 0.3) is 0 Å². The first-order valence-corrected chi connectivity index (χ1v) is 7.13. The second kappa shape index (κ2) is 5.84. The summed E-state index contributed by atoms with van der Waals surface area (Å²) in [4.78, 5) is 1.07. The van der Waals surface area contributed by atoms with Crippen LogP contribution in [-0.2, 0) is 13.0 Å². The van der Waals surface area contributed by atoms with E-state index in [0.717, 1.165) is 28.6 Å². The number of nitrogens with one attached hydrogen (secondary N) is 1. The molecule has 0 aromatic carbocycles. The molecule has 0 spiro atoms. The normalized spacial score (nSPS) is 12.9. The van der Waals surface area contributed by atoms with E-state index in [1.807, 2.05) is 23.1 Å². The van der Waals surface area contributed by atoms with E-state index in [1.165, 1.54) is 5.69 Å². The fourth-order valence-electron chi connectivity index (χ4n) is 2.03. The molecule has 98 valence electrons. The number of hydrogen-bond donors (Lipinski definition) is 2. The first-order chi connectivity index (χ1) is 8.65. The van der Waals surface area contributed by atoms with Crippen molar-refractivity contribution < 1.29 is 0 Å². The van der Waals surface area contributed by atoms with Gasteiger partial charge in [0.1, 0.15) is 0 Å². The molecular formula is C12H17ClN4S. The third-order valence-electron chi connectivity index (χ3n) is 2.86. The van der Waals surface area contributed by atoms with Crippen molar-refractivity contribution in [1.29, 1.82) is 0 Å². The fraction of sp³-hybridized carbons (Fsp3) is 0.417. The molecule has 2 heterocycles. The van der Waals surface area contributed by atoms with Crippen LogP contribution in [0.15, 0.2) is 17.5 Å². The molecule has 0 aliphatic heterocycles. The highest BCUT2D eigenvalue weighted by molar-refractivity contribution is 7.10. The molecule has 2 rings (SSSR count). The Balaban J connectivity index is 2.23. The molecule has 0 saturated carbocycles. The van der Waals surface area contributed by atoms with Crippen LogP contribution in [0.5, 0.6) is 0 Å². The molecule has 0 bridgehead atoms. The Morgan fingerprint density at radius 1 is 1.61 bits per heavy atom. The van der Waals surface area contributed by atoms with Crippen molar-refractivity contribution in [1.82, 2.24) is 15.2 Å². The van der Waals surface area contributed by atoms with E-state index < -0.39 is 0 Å². The Labute approximate surface area is 116 Å². The number of nitrogens with two attached hydrogens (primary N) is 1. The average Bonchev–Trinajstić information content (AvgIpc) is 2.92. The van der Waals surface area contributed by atoms with Gasteiger partial charge in [-0.3, -0.25) is 16.0 Å². The summed E-state index contributed by atoms with van der Waals surface area (Å²) >= 11 is 7.77. The molecule has 18 heavy (non-hydrogen) atoms. The monoisotopic (exact) mass is 284 g/mol.